The van der Waals surface area contributed by atoms with E-state index in [0.29, 0.717) is 41.0 Å². The number of benzene rings is 1. The minimum atomic E-state index is -0.183. The minimum absolute atomic E-state index is 0. The van der Waals surface area contributed by atoms with Crippen LogP contribution in [0.5, 0.6) is 0 Å². The highest BCUT2D eigenvalue weighted by Crippen LogP contribution is 2.33. The highest BCUT2D eigenvalue weighted by Gasteiger charge is 2.34. The van der Waals surface area contributed by atoms with Crippen LogP contribution in [0, 0.1) is 5.92 Å². The molecule has 0 aromatic heterocycles. The summed E-state index contributed by atoms with van der Waals surface area (Å²) in [6.07, 6.45) is 5.46. The van der Waals surface area contributed by atoms with Crippen LogP contribution in [0.15, 0.2) is 18.2 Å². The maximum absolute atomic E-state index is 12.4. The Labute approximate surface area is 166 Å². The predicted octanol–water partition coefficient (Wildman–Crippen LogP) is 4.73. The highest BCUT2D eigenvalue weighted by molar-refractivity contribution is 6.42. The number of rotatable bonds is 5. The lowest BCUT2D eigenvalue weighted by Gasteiger charge is -2.30. The second-order valence-corrected chi connectivity index (χ2v) is 8.78. The van der Waals surface area contributed by atoms with Crippen LogP contribution < -0.4 is 10.6 Å². The number of piperidine rings is 1. The fourth-order valence-corrected chi connectivity index (χ4v) is 4.31. The molecule has 2 unspecified atom stereocenters. The van der Waals surface area contributed by atoms with Gasteiger partial charge in [0, 0.05) is 30.5 Å². The topological polar surface area (TPSA) is 41.1 Å². The van der Waals surface area contributed by atoms with Gasteiger partial charge in [0.25, 0.3) is 0 Å². The van der Waals surface area contributed by atoms with Crippen molar-refractivity contribution in [3.63, 3.8) is 0 Å². The Morgan fingerprint density at radius 1 is 1.20 bits per heavy atom. The lowest BCUT2D eigenvalue weighted by Crippen LogP contribution is -2.41. The molecule has 2 aliphatic rings. The summed E-state index contributed by atoms with van der Waals surface area (Å²) in [6, 6.07) is 6.95. The molecule has 1 aromatic rings. The molecular formula is C19H27Cl3N2O. The standard InChI is InChI=1S/C19H26Cl2N2O.ClH/c1-19(2,13-3-6-16(20)17(21)10-13)11-22-18(24)9-12-7-14-4-5-15(8-12)23-14;/h3,6,10,12,14-15,23H,4-5,7-9,11H2,1-2H3,(H,22,24);1H. The molecule has 6 heteroatoms. The van der Waals surface area contributed by atoms with E-state index in [1.807, 2.05) is 18.2 Å². The second kappa shape index (κ2) is 8.47. The first-order chi connectivity index (χ1) is 11.3. The Morgan fingerprint density at radius 3 is 2.44 bits per heavy atom. The minimum Gasteiger partial charge on any atom is -0.355 e. The second-order valence-electron chi connectivity index (χ2n) is 7.97. The van der Waals surface area contributed by atoms with Gasteiger partial charge in [-0.25, -0.2) is 0 Å². The normalized spacial score (nSPS) is 25.4. The number of halogens is 3. The molecule has 2 N–H and O–H groups in total. The SMILES string of the molecule is CC(C)(CNC(=O)CC1CC2CCC(C1)N2)c1ccc(Cl)c(Cl)c1.Cl. The quantitative estimate of drug-likeness (QED) is 0.743. The number of amides is 1. The summed E-state index contributed by atoms with van der Waals surface area (Å²) in [5.74, 6) is 0.686. The molecule has 2 atom stereocenters. The third-order valence-corrected chi connectivity index (χ3v) is 6.21. The molecule has 1 aromatic carbocycles. The van der Waals surface area contributed by atoms with E-state index >= 15 is 0 Å². The molecule has 0 aliphatic carbocycles. The summed E-state index contributed by atoms with van der Waals surface area (Å²) in [5, 5.41) is 7.85. The summed E-state index contributed by atoms with van der Waals surface area (Å²) in [6.45, 7) is 4.82. The van der Waals surface area contributed by atoms with Gasteiger partial charge in [0.1, 0.15) is 0 Å². The number of fused-ring (bicyclic) bond motifs is 2. The molecule has 2 fully saturated rings. The molecule has 2 saturated heterocycles. The summed E-state index contributed by atoms with van der Waals surface area (Å²) < 4.78 is 0. The molecular weight excluding hydrogens is 379 g/mol. The molecule has 25 heavy (non-hydrogen) atoms. The van der Waals surface area contributed by atoms with E-state index in [1.165, 1.54) is 12.8 Å². The number of nitrogens with one attached hydrogen (secondary N) is 2. The summed E-state index contributed by atoms with van der Waals surface area (Å²) in [5.41, 5.74) is 0.897. The van der Waals surface area contributed by atoms with E-state index in [4.69, 9.17) is 23.2 Å². The average molecular weight is 406 g/mol. The monoisotopic (exact) mass is 404 g/mol. The van der Waals surface area contributed by atoms with E-state index in [9.17, 15) is 4.79 Å². The summed E-state index contributed by atoms with van der Waals surface area (Å²) in [4.78, 5) is 12.4. The Kier molecular flexibility index (Phi) is 7.06. The fourth-order valence-electron chi connectivity index (χ4n) is 4.01. The highest BCUT2D eigenvalue weighted by atomic mass is 35.5. The summed E-state index contributed by atoms with van der Waals surface area (Å²) in [7, 11) is 0. The number of carbonyl (C=O) groups excluding carboxylic acids is 1. The van der Waals surface area contributed by atoms with Gasteiger partial charge >= 0.3 is 0 Å². The Balaban J connectivity index is 0.00000225. The van der Waals surface area contributed by atoms with Crippen molar-refractivity contribution in [2.24, 2.45) is 5.92 Å². The van der Waals surface area contributed by atoms with Crippen LogP contribution in [-0.2, 0) is 10.2 Å². The van der Waals surface area contributed by atoms with E-state index in [1.54, 1.807) is 0 Å². The lowest BCUT2D eigenvalue weighted by molar-refractivity contribution is -0.122. The third kappa shape index (κ3) is 5.26. The number of carbonyl (C=O) groups is 1. The van der Waals surface area contributed by atoms with Crippen molar-refractivity contribution in [1.82, 2.24) is 10.6 Å². The van der Waals surface area contributed by atoms with Crippen molar-refractivity contribution in [2.45, 2.75) is 63.5 Å². The van der Waals surface area contributed by atoms with E-state index in [-0.39, 0.29) is 23.7 Å². The van der Waals surface area contributed by atoms with E-state index in [0.717, 1.165) is 18.4 Å². The fraction of sp³-hybridized carbons (Fsp3) is 0.632. The van der Waals surface area contributed by atoms with Crippen molar-refractivity contribution in [2.75, 3.05) is 6.54 Å². The maximum atomic E-state index is 12.4. The zero-order chi connectivity index (χ0) is 17.3. The van der Waals surface area contributed by atoms with Gasteiger partial charge in [0.15, 0.2) is 0 Å². The van der Waals surface area contributed by atoms with Gasteiger partial charge in [-0.15, -0.1) is 12.4 Å². The van der Waals surface area contributed by atoms with Gasteiger partial charge in [-0.3, -0.25) is 4.79 Å². The van der Waals surface area contributed by atoms with Gasteiger partial charge in [-0.05, 0) is 49.3 Å². The Bertz CT molecular complexity index is 609. The smallest absolute Gasteiger partial charge is 0.220 e. The van der Waals surface area contributed by atoms with Crippen molar-refractivity contribution >= 4 is 41.5 Å². The Hall–Kier alpha value is -0.480. The van der Waals surface area contributed by atoms with Crippen LogP contribution in [0.25, 0.3) is 0 Å². The molecule has 0 spiro atoms. The van der Waals surface area contributed by atoms with Crippen molar-refractivity contribution in [3.05, 3.63) is 33.8 Å². The van der Waals surface area contributed by atoms with Crippen LogP contribution in [0.1, 0.15) is 51.5 Å². The molecule has 0 saturated carbocycles. The van der Waals surface area contributed by atoms with Gasteiger partial charge < -0.3 is 10.6 Å². The Morgan fingerprint density at radius 2 is 1.84 bits per heavy atom. The predicted molar refractivity (Wildman–Crippen MR) is 107 cm³/mol. The maximum Gasteiger partial charge on any atom is 0.220 e. The molecule has 1 amide bonds. The van der Waals surface area contributed by atoms with Crippen molar-refractivity contribution < 1.29 is 4.79 Å². The molecule has 0 radical (unpaired) electrons. The largest absolute Gasteiger partial charge is 0.355 e. The third-order valence-electron chi connectivity index (χ3n) is 5.47. The molecule has 2 aliphatic heterocycles. The lowest BCUT2D eigenvalue weighted by atomic mass is 9.84. The summed E-state index contributed by atoms with van der Waals surface area (Å²) >= 11 is 12.1. The molecule has 3 nitrogen and oxygen atoms in total. The van der Waals surface area contributed by atoms with E-state index in [2.05, 4.69) is 24.5 Å². The van der Waals surface area contributed by atoms with Gasteiger partial charge in [0.05, 0.1) is 10.0 Å². The van der Waals surface area contributed by atoms with Gasteiger partial charge in [-0.2, -0.15) is 0 Å². The van der Waals surface area contributed by atoms with Crippen LogP contribution in [0.2, 0.25) is 10.0 Å². The molecule has 3 rings (SSSR count). The van der Waals surface area contributed by atoms with Crippen LogP contribution in [-0.4, -0.2) is 24.5 Å². The first kappa shape index (κ1) is 20.8. The van der Waals surface area contributed by atoms with Crippen LogP contribution in [0.4, 0.5) is 0 Å². The van der Waals surface area contributed by atoms with Crippen LogP contribution in [0.3, 0.4) is 0 Å². The number of hydrogen-bond acceptors (Lipinski definition) is 2. The van der Waals surface area contributed by atoms with Crippen LogP contribution >= 0.6 is 35.6 Å². The van der Waals surface area contributed by atoms with E-state index < -0.39 is 0 Å². The molecule has 2 heterocycles. The van der Waals surface area contributed by atoms with Crippen molar-refractivity contribution in [1.29, 1.82) is 0 Å². The molecule has 140 valence electrons. The first-order valence-electron chi connectivity index (χ1n) is 8.82. The molecule has 2 bridgehead atoms. The van der Waals surface area contributed by atoms with Gasteiger partial charge in [0.2, 0.25) is 5.91 Å². The first-order valence-corrected chi connectivity index (χ1v) is 9.57. The zero-order valence-electron chi connectivity index (χ0n) is 14.8. The van der Waals surface area contributed by atoms with Gasteiger partial charge in [-0.1, -0.05) is 43.1 Å². The average Bonchev–Trinajstić information content (AvgIpc) is 2.87. The number of hydrogen-bond donors (Lipinski definition) is 2. The van der Waals surface area contributed by atoms with Crippen molar-refractivity contribution in [3.8, 4) is 0 Å². The zero-order valence-corrected chi connectivity index (χ0v) is 17.1.